The predicted molar refractivity (Wildman–Crippen MR) is 225 cm³/mol. The molecule has 0 spiro atoms. The second-order valence-corrected chi connectivity index (χ2v) is 14.3. The average Bonchev–Trinajstić information content (AvgIpc) is 3.93. The van der Waals surface area contributed by atoms with Gasteiger partial charge in [0, 0.05) is 27.1 Å². The molecule has 8 aromatic carbocycles. The third kappa shape index (κ3) is 4.50. The summed E-state index contributed by atoms with van der Waals surface area (Å²) in [6.07, 6.45) is 0. The van der Waals surface area contributed by atoms with Crippen molar-refractivity contribution in [3.63, 3.8) is 0 Å². The lowest BCUT2D eigenvalue weighted by atomic mass is 9.97. The van der Waals surface area contributed by atoms with E-state index >= 15 is 0 Å². The minimum Gasteiger partial charge on any atom is -0.456 e. The van der Waals surface area contributed by atoms with E-state index in [1.165, 1.54) is 32.7 Å². The maximum Gasteiger partial charge on any atom is 0.157 e. The molecule has 258 valence electrons. The molecule has 0 fully saturated rings. The summed E-state index contributed by atoms with van der Waals surface area (Å²) in [5.41, 5.74) is 11.2. The van der Waals surface area contributed by atoms with Crippen LogP contribution >= 0.6 is 0 Å². The lowest BCUT2D eigenvalue weighted by molar-refractivity contribution is 0.504. The van der Waals surface area contributed by atoms with E-state index in [-0.39, 0.29) is 6.04 Å². The number of para-hydroxylation sites is 2. The fourth-order valence-electron chi connectivity index (χ4n) is 8.73. The molecule has 1 aliphatic rings. The molecular weight excluding hydrogens is 675 g/mol. The summed E-state index contributed by atoms with van der Waals surface area (Å²) in [5, 5.41) is 11.9. The van der Waals surface area contributed by atoms with Crippen molar-refractivity contribution in [3.05, 3.63) is 193 Å². The van der Waals surface area contributed by atoms with Crippen molar-refractivity contribution in [3.8, 4) is 16.8 Å². The first-order valence-corrected chi connectivity index (χ1v) is 18.7. The van der Waals surface area contributed by atoms with E-state index < -0.39 is 0 Å². The standard InChI is InChI=1S/C50H31N3O2/c1-2-11-30(12-3-1)31-21-23-33(24-22-31)47-49-48(37-16-7-9-19-42(37)55-49)52-50(51-47)34-26-28-43-38(29-34)46-40(18-10-20-44(46)54-43)53-39-17-8-6-15-36(39)45-35-14-5-4-13-32(35)25-27-41(45)53/h1-29,47H,(H,51,52). The van der Waals surface area contributed by atoms with Crippen LogP contribution in [0.2, 0.25) is 0 Å². The van der Waals surface area contributed by atoms with Crippen LogP contribution in [0.4, 0.5) is 5.69 Å². The van der Waals surface area contributed by atoms with Crippen molar-refractivity contribution in [1.29, 1.82) is 0 Å². The lowest BCUT2D eigenvalue weighted by Gasteiger charge is -2.24. The van der Waals surface area contributed by atoms with Gasteiger partial charge >= 0.3 is 0 Å². The molecule has 11 aromatic rings. The van der Waals surface area contributed by atoms with E-state index in [0.717, 1.165) is 78.0 Å². The second-order valence-electron chi connectivity index (χ2n) is 14.3. The highest BCUT2D eigenvalue weighted by Crippen LogP contribution is 2.44. The zero-order valence-electron chi connectivity index (χ0n) is 29.5. The minimum absolute atomic E-state index is 0.237. The van der Waals surface area contributed by atoms with E-state index in [1.54, 1.807) is 0 Å². The maximum atomic E-state index is 6.58. The topological polar surface area (TPSA) is 55.6 Å². The number of benzene rings is 8. The Hall–Kier alpha value is -7.37. The molecular formula is C50H31N3O2. The van der Waals surface area contributed by atoms with Gasteiger partial charge in [-0.1, -0.05) is 121 Å². The van der Waals surface area contributed by atoms with Gasteiger partial charge in [-0.25, -0.2) is 4.99 Å². The molecule has 12 rings (SSSR count). The number of aromatic nitrogens is 1. The van der Waals surface area contributed by atoms with Crippen molar-refractivity contribution in [2.24, 2.45) is 4.99 Å². The first kappa shape index (κ1) is 30.1. The number of hydrogen-bond acceptors (Lipinski definition) is 4. The van der Waals surface area contributed by atoms with Crippen LogP contribution in [0.1, 0.15) is 22.9 Å². The molecule has 1 atom stereocenters. The van der Waals surface area contributed by atoms with Crippen LogP contribution in [0.25, 0.3) is 82.3 Å². The summed E-state index contributed by atoms with van der Waals surface area (Å²) >= 11 is 0. The fourth-order valence-corrected chi connectivity index (χ4v) is 8.73. The number of rotatable bonds is 4. The first-order valence-electron chi connectivity index (χ1n) is 18.7. The molecule has 55 heavy (non-hydrogen) atoms. The summed E-state index contributed by atoms with van der Waals surface area (Å²) < 4.78 is 15.5. The Morgan fingerprint density at radius 3 is 2.07 bits per heavy atom. The van der Waals surface area contributed by atoms with E-state index in [9.17, 15) is 0 Å². The van der Waals surface area contributed by atoms with Crippen molar-refractivity contribution < 1.29 is 8.83 Å². The molecule has 1 N–H and O–H groups in total. The Labute approximate surface area is 315 Å². The lowest BCUT2D eigenvalue weighted by Crippen LogP contribution is -2.32. The monoisotopic (exact) mass is 705 g/mol. The van der Waals surface area contributed by atoms with Crippen LogP contribution < -0.4 is 5.32 Å². The third-order valence-electron chi connectivity index (χ3n) is 11.3. The zero-order valence-corrected chi connectivity index (χ0v) is 29.5. The highest BCUT2D eigenvalue weighted by molar-refractivity contribution is 6.22. The van der Waals surface area contributed by atoms with E-state index in [0.29, 0.717) is 0 Å². The van der Waals surface area contributed by atoms with Crippen molar-refractivity contribution in [2.45, 2.75) is 6.04 Å². The van der Waals surface area contributed by atoms with E-state index in [4.69, 9.17) is 13.8 Å². The van der Waals surface area contributed by atoms with Gasteiger partial charge in [-0.2, -0.15) is 0 Å². The molecule has 5 heteroatoms. The van der Waals surface area contributed by atoms with Crippen LogP contribution in [0.3, 0.4) is 0 Å². The average molecular weight is 706 g/mol. The Bertz CT molecular complexity index is 3350. The van der Waals surface area contributed by atoms with E-state index in [2.05, 4.69) is 162 Å². The maximum absolute atomic E-state index is 6.58. The van der Waals surface area contributed by atoms with Crippen molar-refractivity contribution in [2.75, 3.05) is 0 Å². The summed E-state index contributed by atoms with van der Waals surface area (Å²) in [6, 6.07) is 61.7. The van der Waals surface area contributed by atoms with Crippen LogP contribution in [0.15, 0.2) is 190 Å². The van der Waals surface area contributed by atoms with Gasteiger partial charge in [0.2, 0.25) is 0 Å². The van der Waals surface area contributed by atoms with Crippen LogP contribution in [0, 0.1) is 0 Å². The molecule has 1 aliphatic heterocycles. The number of nitrogens with zero attached hydrogens (tertiary/aromatic N) is 2. The number of nitrogens with one attached hydrogen (secondary N) is 1. The molecule has 0 saturated carbocycles. The van der Waals surface area contributed by atoms with Gasteiger partial charge in [-0.05, 0) is 82.1 Å². The van der Waals surface area contributed by atoms with Gasteiger partial charge < -0.3 is 18.7 Å². The molecule has 0 bridgehead atoms. The van der Waals surface area contributed by atoms with Gasteiger partial charge in [0.1, 0.15) is 34.3 Å². The minimum atomic E-state index is -0.237. The molecule has 5 nitrogen and oxygen atoms in total. The van der Waals surface area contributed by atoms with Crippen molar-refractivity contribution in [1.82, 2.24) is 9.88 Å². The molecule has 0 amide bonds. The summed E-state index contributed by atoms with van der Waals surface area (Å²) in [5.74, 6) is 1.60. The molecule has 0 radical (unpaired) electrons. The first-order chi connectivity index (χ1) is 27.3. The Morgan fingerprint density at radius 2 is 1.18 bits per heavy atom. The molecule has 3 aromatic heterocycles. The predicted octanol–water partition coefficient (Wildman–Crippen LogP) is 13.0. The van der Waals surface area contributed by atoms with Crippen LogP contribution in [0.5, 0.6) is 0 Å². The molecule has 4 heterocycles. The number of aliphatic imine (C=N–C) groups is 1. The Balaban J connectivity index is 1.04. The normalized spacial score (nSPS) is 14.3. The van der Waals surface area contributed by atoms with Crippen molar-refractivity contribution >= 4 is 77.0 Å². The molecule has 1 unspecified atom stereocenters. The fraction of sp³-hybridized carbons (Fsp3) is 0.0200. The SMILES string of the molecule is c1ccc(-c2ccc(C3NC(c4ccc5oc6cccc(-n7c8ccccc8c8c9ccccc9ccc87)c6c5c4)=Nc4c3oc3ccccc43)cc2)cc1. The molecule has 0 saturated heterocycles. The number of fused-ring (bicyclic) bond motifs is 11. The van der Waals surface area contributed by atoms with Gasteiger partial charge in [-0.3, -0.25) is 0 Å². The quantitative estimate of drug-likeness (QED) is 0.198. The van der Waals surface area contributed by atoms with Gasteiger partial charge in [0.15, 0.2) is 5.76 Å². The van der Waals surface area contributed by atoms with Gasteiger partial charge in [0.25, 0.3) is 0 Å². The summed E-state index contributed by atoms with van der Waals surface area (Å²) in [4.78, 5) is 5.27. The number of hydrogen-bond donors (Lipinski definition) is 1. The molecule has 0 aliphatic carbocycles. The third-order valence-corrected chi connectivity index (χ3v) is 11.3. The van der Waals surface area contributed by atoms with Gasteiger partial charge in [-0.15, -0.1) is 0 Å². The summed E-state index contributed by atoms with van der Waals surface area (Å²) in [7, 11) is 0. The second kappa shape index (κ2) is 11.6. The van der Waals surface area contributed by atoms with Gasteiger partial charge in [0.05, 0.1) is 22.1 Å². The zero-order chi connectivity index (χ0) is 36.0. The van der Waals surface area contributed by atoms with Crippen LogP contribution in [-0.4, -0.2) is 10.4 Å². The summed E-state index contributed by atoms with van der Waals surface area (Å²) in [6.45, 7) is 0. The number of amidine groups is 1. The smallest absolute Gasteiger partial charge is 0.157 e. The van der Waals surface area contributed by atoms with Crippen LogP contribution in [-0.2, 0) is 0 Å². The largest absolute Gasteiger partial charge is 0.456 e. The Kier molecular flexibility index (Phi) is 6.33. The van der Waals surface area contributed by atoms with E-state index in [1.807, 2.05) is 24.3 Å². The highest BCUT2D eigenvalue weighted by atomic mass is 16.3. The Morgan fingerprint density at radius 1 is 0.473 bits per heavy atom. The number of furan rings is 2. The highest BCUT2D eigenvalue weighted by Gasteiger charge is 2.30.